The minimum atomic E-state index is -4.65. The second kappa shape index (κ2) is 3.33. The molecule has 0 radical (unpaired) electrons. The van der Waals surface area contributed by atoms with Crippen molar-refractivity contribution >= 4 is 5.97 Å². The Hall–Kier alpha value is -1.50. The monoisotopic (exact) mass is 209 g/mol. The summed E-state index contributed by atoms with van der Waals surface area (Å²) in [5.41, 5.74) is 4.77. The smallest absolute Gasteiger partial charge is 0.410 e. The fourth-order valence-electron chi connectivity index (χ4n) is 0.796. The van der Waals surface area contributed by atoms with Crippen LogP contribution in [-0.4, -0.2) is 17.3 Å². The number of halogens is 3. The Morgan fingerprint density at radius 2 is 2.07 bits per heavy atom. The normalized spacial score (nSPS) is 14.0. The van der Waals surface area contributed by atoms with Crippen molar-refractivity contribution in [1.29, 1.82) is 0 Å². The minimum absolute atomic E-state index is 0.570. The molecule has 1 unspecified atom stereocenters. The number of carboxylic acids is 1. The zero-order chi connectivity index (χ0) is 10.9. The number of alkyl halides is 3. The number of carboxylic acid groups (broad SMARTS) is 1. The summed E-state index contributed by atoms with van der Waals surface area (Å²) in [6.07, 6.45) is -4.65. The van der Waals surface area contributed by atoms with Gasteiger partial charge >= 0.3 is 12.1 Å². The van der Waals surface area contributed by atoms with Crippen LogP contribution in [0.15, 0.2) is 16.5 Å². The number of hydrogen-bond acceptors (Lipinski definition) is 3. The van der Waals surface area contributed by atoms with E-state index in [0.29, 0.717) is 0 Å². The van der Waals surface area contributed by atoms with E-state index in [1.807, 2.05) is 0 Å². The maximum atomic E-state index is 12.0. The van der Waals surface area contributed by atoms with E-state index in [1.165, 1.54) is 0 Å². The first-order chi connectivity index (χ1) is 6.32. The molecular weight excluding hydrogens is 203 g/mol. The van der Waals surface area contributed by atoms with Gasteiger partial charge in [0.1, 0.15) is 5.76 Å². The molecule has 4 nitrogen and oxygen atoms in total. The first-order valence-corrected chi connectivity index (χ1v) is 3.47. The van der Waals surface area contributed by atoms with Crippen molar-refractivity contribution in [3.05, 3.63) is 23.7 Å². The Bertz CT molecular complexity index is 344. The third-order valence-corrected chi connectivity index (χ3v) is 1.50. The first kappa shape index (κ1) is 10.6. The SMILES string of the molecule is NC(c1ccc(C(=O)O)o1)C(F)(F)F. The molecule has 0 fully saturated rings. The Kier molecular flexibility index (Phi) is 2.52. The Labute approximate surface area is 76.1 Å². The molecule has 0 saturated carbocycles. The fraction of sp³-hybridized carbons (Fsp3) is 0.286. The number of rotatable bonds is 2. The van der Waals surface area contributed by atoms with Crippen molar-refractivity contribution in [3.63, 3.8) is 0 Å². The van der Waals surface area contributed by atoms with Gasteiger partial charge in [0.25, 0.3) is 0 Å². The van der Waals surface area contributed by atoms with Crippen molar-refractivity contribution < 1.29 is 27.5 Å². The summed E-state index contributed by atoms with van der Waals surface area (Å²) in [7, 11) is 0. The van der Waals surface area contributed by atoms with Gasteiger partial charge in [-0.2, -0.15) is 13.2 Å². The summed E-state index contributed by atoms with van der Waals surface area (Å²) in [6, 6.07) is -0.485. The van der Waals surface area contributed by atoms with Crippen molar-refractivity contribution in [2.45, 2.75) is 12.2 Å². The molecule has 0 amide bonds. The summed E-state index contributed by atoms with van der Waals surface area (Å²) < 4.78 is 40.4. The van der Waals surface area contributed by atoms with Crippen LogP contribution in [-0.2, 0) is 0 Å². The van der Waals surface area contributed by atoms with E-state index in [2.05, 4.69) is 4.42 Å². The molecule has 78 valence electrons. The highest BCUT2D eigenvalue weighted by Crippen LogP contribution is 2.31. The second-order valence-corrected chi connectivity index (χ2v) is 2.53. The minimum Gasteiger partial charge on any atom is -0.475 e. The Balaban J connectivity index is 2.92. The van der Waals surface area contributed by atoms with Crippen LogP contribution in [0.5, 0.6) is 0 Å². The zero-order valence-electron chi connectivity index (χ0n) is 6.71. The molecule has 0 aliphatic carbocycles. The Morgan fingerprint density at radius 3 is 2.43 bits per heavy atom. The lowest BCUT2D eigenvalue weighted by Gasteiger charge is -2.12. The molecule has 14 heavy (non-hydrogen) atoms. The van der Waals surface area contributed by atoms with Crippen LogP contribution in [0.1, 0.15) is 22.4 Å². The van der Waals surface area contributed by atoms with E-state index in [1.54, 1.807) is 0 Å². The van der Waals surface area contributed by atoms with Gasteiger partial charge in [0, 0.05) is 0 Å². The highest BCUT2D eigenvalue weighted by Gasteiger charge is 2.40. The summed E-state index contributed by atoms with van der Waals surface area (Å²) in [5.74, 6) is -2.62. The van der Waals surface area contributed by atoms with Gasteiger partial charge < -0.3 is 15.3 Å². The van der Waals surface area contributed by atoms with Gasteiger partial charge in [-0.25, -0.2) is 4.79 Å². The second-order valence-electron chi connectivity index (χ2n) is 2.53. The van der Waals surface area contributed by atoms with Crippen molar-refractivity contribution in [1.82, 2.24) is 0 Å². The first-order valence-electron chi connectivity index (χ1n) is 3.47. The van der Waals surface area contributed by atoms with E-state index in [0.717, 1.165) is 12.1 Å². The molecule has 1 rings (SSSR count). The molecule has 0 aliphatic rings. The van der Waals surface area contributed by atoms with Crippen LogP contribution in [0.3, 0.4) is 0 Å². The predicted molar refractivity (Wildman–Crippen MR) is 38.7 cm³/mol. The summed E-state index contributed by atoms with van der Waals surface area (Å²) in [6.45, 7) is 0. The maximum Gasteiger partial charge on any atom is 0.410 e. The van der Waals surface area contributed by atoms with Gasteiger partial charge in [0.2, 0.25) is 5.76 Å². The molecule has 0 spiro atoms. The summed E-state index contributed by atoms with van der Waals surface area (Å²) in [5, 5.41) is 8.37. The highest BCUT2D eigenvalue weighted by molar-refractivity contribution is 5.84. The van der Waals surface area contributed by atoms with Gasteiger partial charge in [0.05, 0.1) is 0 Å². The number of furan rings is 1. The summed E-state index contributed by atoms with van der Waals surface area (Å²) >= 11 is 0. The van der Waals surface area contributed by atoms with E-state index in [4.69, 9.17) is 10.8 Å². The van der Waals surface area contributed by atoms with E-state index < -0.39 is 29.7 Å². The average Bonchev–Trinajstić information content (AvgIpc) is 2.48. The number of nitrogens with two attached hydrogens (primary N) is 1. The van der Waals surface area contributed by atoms with E-state index in [9.17, 15) is 18.0 Å². The van der Waals surface area contributed by atoms with Crippen LogP contribution in [0, 0.1) is 0 Å². The lowest BCUT2D eigenvalue weighted by Crippen LogP contribution is -2.27. The average molecular weight is 209 g/mol. The molecule has 1 aromatic heterocycles. The van der Waals surface area contributed by atoms with Crippen LogP contribution >= 0.6 is 0 Å². The van der Waals surface area contributed by atoms with Crippen molar-refractivity contribution in [2.75, 3.05) is 0 Å². The van der Waals surface area contributed by atoms with Crippen LogP contribution in [0.25, 0.3) is 0 Å². The molecule has 7 heteroatoms. The van der Waals surface area contributed by atoms with Crippen LogP contribution in [0.2, 0.25) is 0 Å². The van der Waals surface area contributed by atoms with Gasteiger partial charge in [-0.1, -0.05) is 0 Å². The molecule has 3 N–H and O–H groups in total. The largest absolute Gasteiger partial charge is 0.475 e. The zero-order valence-corrected chi connectivity index (χ0v) is 6.71. The highest BCUT2D eigenvalue weighted by atomic mass is 19.4. The molecule has 0 saturated heterocycles. The molecule has 1 heterocycles. The van der Waals surface area contributed by atoms with Crippen LogP contribution in [0.4, 0.5) is 13.2 Å². The van der Waals surface area contributed by atoms with E-state index in [-0.39, 0.29) is 0 Å². The molecular formula is C7H6F3NO3. The van der Waals surface area contributed by atoms with Gasteiger partial charge in [-0.3, -0.25) is 0 Å². The molecule has 1 atom stereocenters. The lowest BCUT2D eigenvalue weighted by atomic mass is 10.2. The molecule has 0 aliphatic heterocycles. The number of carbonyl (C=O) groups is 1. The molecule has 1 aromatic rings. The van der Waals surface area contributed by atoms with Gasteiger partial charge in [-0.05, 0) is 12.1 Å². The number of hydrogen-bond donors (Lipinski definition) is 2. The third-order valence-electron chi connectivity index (χ3n) is 1.50. The molecule has 0 bridgehead atoms. The van der Waals surface area contributed by atoms with Crippen LogP contribution < -0.4 is 5.73 Å². The third kappa shape index (κ3) is 2.05. The number of aromatic carboxylic acids is 1. The summed E-state index contributed by atoms with van der Waals surface area (Å²) in [4.78, 5) is 10.3. The van der Waals surface area contributed by atoms with Crippen molar-refractivity contribution in [3.8, 4) is 0 Å². The fourth-order valence-corrected chi connectivity index (χ4v) is 0.796. The van der Waals surface area contributed by atoms with Gasteiger partial charge in [0.15, 0.2) is 6.04 Å². The maximum absolute atomic E-state index is 12.0. The predicted octanol–water partition coefficient (Wildman–Crippen LogP) is 1.54. The lowest BCUT2D eigenvalue weighted by molar-refractivity contribution is -0.152. The molecule has 0 aromatic carbocycles. The quantitative estimate of drug-likeness (QED) is 0.774. The van der Waals surface area contributed by atoms with Crippen molar-refractivity contribution in [2.24, 2.45) is 5.73 Å². The van der Waals surface area contributed by atoms with E-state index >= 15 is 0 Å². The Morgan fingerprint density at radius 1 is 1.50 bits per heavy atom. The topological polar surface area (TPSA) is 76.5 Å². The standard InChI is InChI=1S/C7H6F3NO3/c8-7(9,10)5(11)3-1-2-4(14-3)6(12)13/h1-2,5H,11H2,(H,12,13). The van der Waals surface area contributed by atoms with Gasteiger partial charge in [-0.15, -0.1) is 0 Å².